The van der Waals surface area contributed by atoms with Crippen LogP contribution in [0.3, 0.4) is 0 Å². The van der Waals surface area contributed by atoms with Crippen LogP contribution in [0.1, 0.15) is 18.4 Å². The molecular weight excluding hydrogens is 247 g/mol. The number of halogens is 3. The molecule has 1 atom stereocenters. The first kappa shape index (κ1) is 12.7. The number of hydrogen-bond donors (Lipinski definition) is 2. The van der Waals surface area contributed by atoms with E-state index in [1.807, 2.05) is 0 Å². The number of amides is 1. The number of nitrogens with one attached hydrogen (secondary N) is 2. The quantitative estimate of drug-likeness (QED) is 0.870. The van der Waals surface area contributed by atoms with Crippen LogP contribution in [0.4, 0.5) is 19.0 Å². The molecule has 1 aliphatic heterocycles. The lowest BCUT2D eigenvalue weighted by molar-refractivity contribution is -0.137. The Bertz CT molecular complexity index is 447. The third kappa shape index (κ3) is 2.91. The van der Waals surface area contributed by atoms with Gasteiger partial charge < -0.3 is 10.6 Å². The number of rotatable bonds is 3. The molecular formula is C11H12F3N3O. The molecule has 1 fully saturated rings. The van der Waals surface area contributed by atoms with Gasteiger partial charge in [-0.25, -0.2) is 4.98 Å². The van der Waals surface area contributed by atoms with E-state index < -0.39 is 11.7 Å². The van der Waals surface area contributed by atoms with E-state index in [9.17, 15) is 18.0 Å². The number of nitrogens with zero attached hydrogens (tertiary/aromatic N) is 1. The fraction of sp³-hybridized carbons (Fsp3) is 0.455. The van der Waals surface area contributed by atoms with Crippen molar-refractivity contribution in [1.82, 2.24) is 10.3 Å². The highest BCUT2D eigenvalue weighted by Crippen LogP contribution is 2.33. The van der Waals surface area contributed by atoms with Gasteiger partial charge in [0.05, 0.1) is 5.56 Å². The first-order valence-corrected chi connectivity index (χ1v) is 5.52. The van der Waals surface area contributed by atoms with E-state index in [1.54, 1.807) is 0 Å². The monoisotopic (exact) mass is 259 g/mol. The van der Waals surface area contributed by atoms with Crippen molar-refractivity contribution in [2.24, 2.45) is 0 Å². The van der Waals surface area contributed by atoms with E-state index in [1.165, 1.54) is 12.3 Å². The molecule has 0 spiro atoms. The van der Waals surface area contributed by atoms with Crippen LogP contribution >= 0.6 is 0 Å². The highest BCUT2D eigenvalue weighted by Gasteiger charge is 2.34. The van der Waals surface area contributed by atoms with Gasteiger partial charge in [-0.05, 0) is 18.6 Å². The van der Waals surface area contributed by atoms with Crippen molar-refractivity contribution in [3.63, 3.8) is 0 Å². The van der Waals surface area contributed by atoms with Crippen LogP contribution in [0.5, 0.6) is 0 Å². The van der Waals surface area contributed by atoms with Crippen molar-refractivity contribution in [2.45, 2.75) is 25.1 Å². The Morgan fingerprint density at radius 2 is 2.28 bits per heavy atom. The molecule has 1 aliphatic rings. The summed E-state index contributed by atoms with van der Waals surface area (Å²) in [4.78, 5) is 14.6. The summed E-state index contributed by atoms with van der Waals surface area (Å²) in [6.07, 6.45) is -2.10. The Morgan fingerprint density at radius 1 is 1.50 bits per heavy atom. The van der Waals surface area contributed by atoms with Gasteiger partial charge in [0.15, 0.2) is 0 Å². The minimum atomic E-state index is -4.44. The maximum atomic E-state index is 12.7. The molecule has 1 saturated heterocycles. The van der Waals surface area contributed by atoms with Crippen molar-refractivity contribution in [2.75, 3.05) is 11.9 Å². The minimum Gasteiger partial charge on any atom is -0.368 e. The molecule has 2 heterocycles. The third-order valence-electron chi connectivity index (χ3n) is 2.71. The van der Waals surface area contributed by atoms with Gasteiger partial charge in [-0.3, -0.25) is 4.79 Å². The Hall–Kier alpha value is -1.79. The van der Waals surface area contributed by atoms with Crippen molar-refractivity contribution < 1.29 is 18.0 Å². The first-order chi connectivity index (χ1) is 8.47. The fourth-order valence-corrected chi connectivity index (χ4v) is 1.83. The Morgan fingerprint density at radius 3 is 2.89 bits per heavy atom. The third-order valence-corrected chi connectivity index (χ3v) is 2.71. The Balaban J connectivity index is 2.03. The smallest absolute Gasteiger partial charge is 0.368 e. The standard InChI is InChI=1S/C11H12F3N3O/c12-11(13,14)8-2-1-5-15-10(8)16-6-7-3-4-9(18)17-7/h1-2,5,7H,3-4,6H2,(H,15,16)(H,17,18). The summed E-state index contributed by atoms with van der Waals surface area (Å²) in [6, 6.07) is 2.08. The molecule has 1 aromatic rings. The lowest BCUT2D eigenvalue weighted by Crippen LogP contribution is -2.32. The summed E-state index contributed by atoms with van der Waals surface area (Å²) in [5.74, 6) is -0.273. The van der Waals surface area contributed by atoms with Gasteiger partial charge in [0.1, 0.15) is 5.82 Å². The fourth-order valence-electron chi connectivity index (χ4n) is 1.83. The summed E-state index contributed by atoms with van der Waals surface area (Å²) < 4.78 is 38.0. The highest BCUT2D eigenvalue weighted by molar-refractivity contribution is 5.78. The number of anilines is 1. The second-order valence-corrected chi connectivity index (χ2v) is 4.08. The van der Waals surface area contributed by atoms with Crippen LogP contribution in [0.25, 0.3) is 0 Å². The molecule has 1 unspecified atom stereocenters. The van der Waals surface area contributed by atoms with Gasteiger partial charge in [-0.15, -0.1) is 0 Å². The molecule has 1 amide bonds. The maximum Gasteiger partial charge on any atom is 0.419 e. The van der Waals surface area contributed by atoms with E-state index in [2.05, 4.69) is 15.6 Å². The SMILES string of the molecule is O=C1CCC(CNc2ncccc2C(F)(F)F)N1. The second-order valence-electron chi connectivity index (χ2n) is 4.08. The van der Waals surface area contributed by atoms with E-state index in [0.717, 1.165) is 6.07 Å². The number of hydrogen-bond acceptors (Lipinski definition) is 3. The van der Waals surface area contributed by atoms with Crippen molar-refractivity contribution in [3.8, 4) is 0 Å². The van der Waals surface area contributed by atoms with Crippen LogP contribution in [-0.2, 0) is 11.0 Å². The number of pyridine rings is 1. The second kappa shape index (κ2) is 4.83. The van der Waals surface area contributed by atoms with Crippen LogP contribution < -0.4 is 10.6 Å². The molecule has 18 heavy (non-hydrogen) atoms. The van der Waals surface area contributed by atoms with Gasteiger partial charge in [-0.2, -0.15) is 13.2 Å². The molecule has 0 saturated carbocycles. The zero-order chi connectivity index (χ0) is 13.2. The van der Waals surface area contributed by atoms with Gasteiger partial charge in [0, 0.05) is 25.2 Å². The lowest BCUT2D eigenvalue weighted by Gasteiger charge is -2.15. The minimum absolute atomic E-state index is 0.0705. The van der Waals surface area contributed by atoms with E-state index >= 15 is 0 Å². The number of aromatic nitrogens is 1. The van der Waals surface area contributed by atoms with Crippen LogP contribution in [-0.4, -0.2) is 23.5 Å². The topological polar surface area (TPSA) is 54.0 Å². The summed E-state index contributed by atoms with van der Waals surface area (Å²) in [7, 11) is 0. The zero-order valence-electron chi connectivity index (χ0n) is 9.42. The first-order valence-electron chi connectivity index (χ1n) is 5.52. The zero-order valence-corrected chi connectivity index (χ0v) is 9.42. The van der Waals surface area contributed by atoms with E-state index in [-0.39, 0.29) is 24.3 Å². The van der Waals surface area contributed by atoms with Gasteiger partial charge in [-0.1, -0.05) is 0 Å². The van der Waals surface area contributed by atoms with Gasteiger partial charge in [0.25, 0.3) is 0 Å². The predicted octanol–water partition coefficient (Wildman–Crippen LogP) is 1.79. The molecule has 0 aliphatic carbocycles. The molecule has 1 aromatic heterocycles. The largest absolute Gasteiger partial charge is 0.419 e. The summed E-state index contributed by atoms with van der Waals surface area (Å²) >= 11 is 0. The average Bonchev–Trinajstić information content (AvgIpc) is 2.72. The van der Waals surface area contributed by atoms with Crippen LogP contribution in [0, 0.1) is 0 Å². The van der Waals surface area contributed by atoms with Gasteiger partial charge in [0.2, 0.25) is 5.91 Å². The molecule has 0 radical (unpaired) electrons. The number of carbonyl (C=O) groups excluding carboxylic acids is 1. The molecule has 0 aromatic carbocycles. The highest BCUT2D eigenvalue weighted by atomic mass is 19.4. The summed E-state index contributed by atoms with van der Waals surface area (Å²) in [5.41, 5.74) is -0.797. The molecule has 98 valence electrons. The number of carbonyl (C=O) groups is 1. The lowest BCUT2D eigenvalue weighted by atomic mass is 10.2. The molecule has 2 rings (SSSR count). The number of alkyl halides is 3. The summed E-state index contributed by atoms with van der Waals surface area (Å²) in [6.45, 7) is 0.242. The molecule has 4 nitrogen and oxygen atoms in total. The van der Waals surface area contributed by atoms with Crippen LogP contribution in [0.2, 0.25) is 0 Å². The van der Waals surface area contributed by atoms with Crippen LogP contribution in [0.15, 0.2) is 18.3 Å². The Kier molecular flexibility index (Phi) is 3.40. The van der Waals surface area contributed by atoms with Crippen molar-refractivity contribution >= 4 is 11.7 Å². The molecule has 7 heteroatoms. The van der Waals surface area contributed by atoms with Crippen molar-refractivity contribution in [1.29, 1.82) is 0 Å². The normalized spacial score (nSPS) is 19.7. The van der Waals surface area contributed by atoms with E-state index in [4.69, 9.17) is 0 Å². The summed E-state index contributed by atoms with van der Waals surface area (Å²) in [5, 5.41) is 5.31. The molecule has 2 N–H and O–H groups in total. The Labute approximate surface area is 102 Å². The van der Waals surface area contributed by atoms with E-state index in [0.29, 0.717) is 12.8 Å². The van der Waals surface area contributed by atoms with Crippen molar-refractivity contribution in [3.05, 3.63) is 23.9 Å². The molecule has 0 bridgehead atoms. The maximum absolute atomic E-state index is 12.7. The predicted molar refractivity (Wildman–Crippen MR) is 58.9 cm³/mol. The van der Waals surface area contributed by atoms with Gasteiger partial charge >= 0.3 is 6.18 Å². The average molecular weight is 259 g/mol.